The highest BCUT2D eigenvalue weighted by Crippen LogP contribution is 2.26. The minimum Gasteiger partial charge on any atom is -0.337 e. The number of aryl methyl sites for hydroxylation is 2. The summed E-state index contributed by atoms with van der Waals surface area (Å²) < 4.78 is 2.08. The van der Waals surface area contributed by atoms with Gasteiger partial charge in [0.15, 0.2) is 5.16 Å². The van der Waals surface area contributed by atoms with Crippen LogP contribution in [0.5, 0.6) is 0 Å². The molecule has 0 aliphatic carbocycles. The molecule has 4 rings (SSSR count). The Hall–Kier alpha value is -2.05. The molecule has 1 aliphatic heterocycles. The van der Waals surface area contributed by atoms with E-state index in [1.807, 2.05) is 11.1 Å². The van der Waals surface area contributed by atoms with Crippen LogP contribution in [0, 0.1) is 13.8 Å². The van der Waals surface area contributed by atoms with Crippen molar-refractivity contribution in [2.45, 2.75) is 32.0 Å². The van der Waals surface area contributed by atoms with E-state index in [-0.39, 0.29) is 5.91 Å². The SMILES string of the molecule is Cc1ccc(C)c(-n2ccnc2SCC(=O)N2CCc3sccc3C2)c1. The number of nitrogens with zero attached hydrogens (tertiary/aromatic N) is 3. The van der Waals surface area contributed by atoms with Gasteiger partial charge in [0.25, 0.3) is 0 Å². The number of carbonyl (C=O) groups excluding carboxylic acids is 1. The molecule has 2 aromatic heterocycles. The average Bonchev–Trinajstić information content (AvgIpc) is 3.29. The lowest BCUT2D eigenvalue weighted by atomic mass is 10.1. The zero-order valence-electron chi connectivity index (χ0n) is 14.9. The topological polar surface area (TPSA) is 38.1 Å². The van der Waals surface area contributed by atoms with E-state index < -0.39 is 0 Å². The van der Waals surface area contributed by atoms with E-state index in [2.05, 4.69) is 53.0 Å². The molecular weight excluding hydrogens is 362 g/mol. The van der Waals surface area contributed by atoms with E-state index in [1.165, 1.54) is 33.3 Å². The van der Waals surface area contributed by atoms with Crippen LogP contribution in [-0.2, 0) is 17.8 Å². The van der Waals surface area contributed by atoms with Crippen LogP contribution in [0.25, 0.3) is 5.69 Å². The summed E-state index contributed by atoms with van der Waals surface area (Å²) in [6.45, 7) is 5.74. The average molecular weight is 384 g/mol. The Morgan fingerprint density at radius 3 is 3.08 bits per heavy atom. The molecule has 26 heavy (non-hydrogen) atoms. The number of aromatic nitrogens is 2. The number of thioether (sulfide) groups is 1. The molecule has 0 bridgehead atoms. The summed E-state index contributed by atoms with van der Waals surface area (Å²) in [6.07, 6.45) is 4.74. The van der Waals surface area contributed by atoms with Crippen molar-refractivity contribution in [3.63, 3.8) is 0 Å². The quantitative estimate of drug-likeness (QED) is 0.633. The molecule has 0 radical (unpaired) electrons. The number of amides is 1. The van der Waals surface area contributed by atoms with Gasteiger partial charge in [-0.05, 0) is 54.5 Å². The molecule has 0 unspecified atom stereocenters. The Morgan fingerprint density at radius 1 is 1.31 bits per heavy atom. The summed E-state index contributed by atoms with van der Waals surface area (Å²) in [6, 6.07) is 8.53. The maximum atomic E-state index is 12.7. The smallest absolute Gasteiger partial charge is 0.233 e. The van der Waals surface area contributed by atoms with E-state index in [0.717, 1.165) is 30.4 Å². The molecule has 134 valence electrons. The molecule has 3 aromatic rings. The first-order valence-corrected chi connectivity index (χ1v) is 10.5. The number of benzene rings is 1. The number of carbonyl (C=O) groups is 1. The Labute approximate surface area is 161 Å². The molecule has 0 atom stereocenters. The summed E-state index contributed by atoms with van der Waals surface area (Å²) in [7, 11) is 0. The predicted octanol–water partition coefficient (Wildman–Crippen LogP) is 4.23. The molecule has 0 saturated carbocycles. The van der Waals surface area contributed by atoms with Crippen molar-refractivity contribution in [3.05, 3.63) is 63.6 Å². The van der Waals surface area contributed by atoms with Crippen molar-refractivity contribution in [2.75, 3.05) is 12.3 Å². The maximum absolute atomic E-state index is 12.7. The largest absolute Gasteiger partial charge is 0.337 e. The zero-order chi connectivity index (χ0) is 18.1. The summed E-state index contributed by atoms with van der Waals surface area (Å²) in [5.41, 5.74) is 4.84. The lowest BCUT2D eigenvalue weighted by molar-refractivity contribution is -0.129. The highest BCUT2D eigenvalue weighted by atomic mass is 32.2. The highest BCUT2D eigenvalue weighted by Gasteiger charge is 2.22. The summed E-state index contributed by atoms with van der Waals surface area (Å²) in [4.78, 5) is 20.5. The van der Waals surface area contributed by atoms with Crippen LogP contribution in [0.3, 0.4) is 0 Å². The summed E-state index contributed by atoms with van der Waals surface area (Å²) >= 11 is 3.31. The van der Waals surface area contributed by atoms with Crippen molar-refractivity contribution < 1.29 is 4.79 Å². The third-order valence-corrected chi connectivity index (χ3v) is 6.69. The Morgan fingerprint density at radius 2 is 2.19 bits per heavy atom. The van der Waals surface area contributed by atoms with E-state index in [4.69, 9.17) is 0 Å². The van der Waals surface area contributed by atoms with Crippen LogP contribution < -0.4 is 0 Å². The van der Waals surface area contributed by atoms with Gasteiger partial charge in [0, 0.05) is 30.4 Å². The molecule has 6 heteroatoms. The van der Waals surface area contributed by atoms with Crippen molar-refractivity contribution in [2.24, 2.45) is 0 Å². The predicted molar refractivity (Wildman–Crippen MR) is 107 cm³/mol. The van der Waals surface area contributed by atoms with Crippen molar-refractivity contribution in [1.29, 1.82) is 0 Å². The molecule has 0 spiro atoms. The molecule has 0 saturated heterocycles. The second-order valence-corrected chi connectivity index (χ2v) is 8.54. The molecule has 0 fully saturated rings. The van der Waals surface area contributed by atoms with Crippen LogP contribution >= 0.6 is 23.1 Å². The molecular formula is C20H21N3OS2. The fourth-order valence-corrected chi connectivity index (χ4v) is 5.00. The molecule has 1 aromatic carbocycles. The number of hydrogen-bond donors (Lipinski definition) is 0. The van der Waals surface area contributed by atoms with E-state index in [0.29, 0.717) is 5.75 Å². The Bertz CT molecular complexity index is 944. The molecule has 1 aliphatic rings. The lowest BCUT2D eigenvalue weighted by Gasteiger charge is -2.26. The van der Waals surface area contributed by atoms with Crippen LogP contribution in [-0.4, -0.2) is 32.7 Å². The van der Waals surface area contributed by atoms with Gasteiger partial charge in [0.2, 0.25) is 5.91 Å². The minimum atomic E-state index is 0.183. The van der Waals surface area contributed by atoms with E-state index >= 15 is 0 Å². The fraction of sp³-hybridized carbons (Fsp3) is 0.300. The fourth-order valence-electron chi connectivity index (χ4n) is 3.24. The number of thiophene rings is 1. The summed E-state index contributed by atoms with van der Waals surface area (Å²) in [5, 5.41) is 2.98. The summed E-state index contributed by atoms with van der Waals surface area (Å²) in [5.74, 6) is 0.601. The molecule has 4 nitrogen and oxygen atoms in total. The second-order valence-electron chi connectivity index (χ2n) is 6.59. The second kappa shape index (κ2) is 7.29. The van der Waals surface area contributed by atoms with Gasteiger partial charge in [-0.2, -0.15) is 0 Å². The van der Waals surface area contributed by atoms with Gasteiger partial charge < -0.3 is 4.90 Å². The van der Waals surface area contributed by atoms with Crippen molar-refractivity contribution in [3.8, 4) is 5.69 Å². The van der Waals surface area contributed by atoms with Gasteiger partial charge >= 0.3 is 0 Å². The van der Waals surface area contributed by atoms with Gasteiger partial charge in [-0.25, -0.2) is 4.98 Å². The molecule has 1 amide bonds. The normalized spacial score (nSPS) is 13.7. The lowest BCUT2D eigenvalue weighted by Crippen LogP contribution is -2.36. The van der Waals surface area contributed by atoms with Gasteiger partial charge in [-0.3, -0.25) is 9.36 Å². The number of imidazole rings is 1. The first-order valence-electron chi connectivity index (χ1n) is 8.68. The highest BCUT2D eigenvalue weighted by molar-refractivity contribution is 7.99. The first kappa shape index (κ1) is 17.4. The van der Waals surface area contributed by atoms with Crippen LogP contribution in [0.1, 0.15) is 21.6 Å². The third kappa shape index (κ3) is 3.44. The van der Waals surface area contributed by atoms with Crippen LogP contribution in [0.4, 0.5) is 0 Å². The third-order valence-electron chi connectivity index (χ3n) is 4.72. The minimum absolute atomic E-state index is 0.183. The Kier molecular flexibility index (Phi) is 4.87. The van der Waals surface area contributed by atoms with Gasteiger partial charge in [0.1, 0.15) is 0 Å². The number of rotatable bonds is 4. The van der Waals surface area contributed by atoms with E-state index in [1.54, 1.807) is 17.5 Å². The van der Waals surface area contributed by atoms with Crippen LogP contribution in [0.2, 0.25) is 0 Å². The first-order chi connectivity index (χ1) is 12.6. The van der Waals surface area contributed by atoms with Gasteiger partial charge in [0.05, 0.1) is 11.4 Å². The maximum Gasteiger partial charge on any atom is 0.233 e. The van der Waals surface area contributed by atoms with Crippen molar-refractivity contribution >= 4 is 29.0 Å². The standard InChI is InChI=1S/C20H21N3OS2/c1-14-3-4-15(2)17(11-14)23-9-7-21-20(23)26-13-19(24)22-8-5-18-16(12-22)6-10-25-18/h3-4,6-7,9-11H,5,8,12-13H2,1-2H3. The zero-order valence-corrected chi connectivity index (χ0v) is 16.6. The molecule has 3 heterocycles. The van der Waals surface area contributed by atoms with Gasteiger partial charge in [-0.15, -0.1) is 11.3 Å². The number of fused-ring (bicyclic) bond motifs is 1. The Balaban J connectivity index is 1.45. The van der Waals surface area contributed by atoms with E-state index in [9.17, 15) is 4.79 Å². The number of hydrogen-bond acceptors (Lipinski definition) is 4. The van der Waals surface area contributed by atoms with Crippen molar-refractivity contribution in [1.82, 2.24) is 14.5 Å². The molecule has 0 N–H and O–H groups in total. The van der Waals surface area contributed by atoms with Gasteiger partial charge in [-0.1, -0.05) is 23.9 Å². The monoisotopic (exact) mass is 383 g/mol. The van der Waals surface area contributed by atoms with Crippen LogP contribution in [0.15, 0.2) is 47.2 Å².